The zero-order valence-electron chi connectivity index (χ0n) is 13.7. The Balaban J connectivity index is 1.48. The van der Waals surface area contributed by atoms with E-state index in [2.05, 4.69) is 42.9 Å². The molecule has 4 nitrogen and oxygen atoms in total. The number of fused-ring (bicyclic) bond motifs is 3. The second kappa shape index (κ2) is 7.04. The molecule has 0 radical (unpaired) electrons. The van der Waals surface area contributed by atoms with Crippen molar-refractivity contribution in [2.45, 2.75) is 13.0 Å². The number of amides is 1. The largest absolute Gasteiger partial charge is 0.481 e. The highest BCUT2D eigenvalue weighted by molar-refractivity contribution is 9.10. The van der Waals surface area contributed by atoms with E-state index in [4.69, 9.17) is 4.74 Å². The molecule has 0 bridgehead atoms. The van der Waals surface area contributed by atoms with Crippen molar-refractivity contribution < 1.29 is 13.9 Å². The zero-order chi connectivity index (χ0) is 18.3. The van der Waals surface area contributed by atoms with Crippen LogP contribution in [-0.4, -0.2) is 28.9 Å². The lowest BCUT2D eigenvalue weighted by atomic mass is 10.0. The summed E-state index contributed by atoms with van der Waals surface area (Å²) in [4.78, 5) is 17.7. The molecule has 0 saturated carbocycles. The van der Waals surface area contributed by atoms with Gasteiger partial charge in [-0.15, -0.1) is 0 Å². The molecule has 0 aliphatic carbocycles. The van der Waals surface area contributed by atoms with Gasteiger partial charge >= 0.3 is 0 Å². The van der Waals surface area contributed by atoms with Gasteiger partial charge in [0.05, 0.1) is 0 Å². The van der Waals surface area contributed by atoms with Gasteiger partial charge in [-0.3, -0.25) is 4.79 Å². The van der Waals surface area contributed by atoms with Crippen LogP contribution in [0.1, 0.15) is 11.3 Å². The van der Waals surface area contributed by atoms with E-state index in [-0.39, 0.29) is 18.3 Å². The quantitative estimate of drug-likeness (QED) is 0.584. The summed E-state index contributed by atoms with van der Waals surface area (Å²) in [6.07, 6.45) is 0.764. The Labute approximate surface area is 166 Å². The standard InChI is InChI=1S/C19H15Br2FN2O2/c20-11-1-3-16-13(7-11)14-9-24(6-5-17(14)23-16)19(25)10-26-18-4-2-12(21)8-15(18)22/h1-4,7-8,23H,5-6,9-10H2. The summed E-state index contributed by atoms with van der Waals surface area (Å²) in [5.74, 6) is -0.563. The Kier molecular flexibility index (Phi) is 4.75. The molecule has 1 aromatic heterocycles. The fraction of sp³-hybridized carbons (Fsp3) is 0.211. The predicted molar refractivity (Wildman–Crippen MR) is 105 cm³/mol. The number of ether oxygens (including phenoxy) is 1. The highest BCUT2D eigenvalue weighted by Crippen LogP contribution is 2.30. The first-order valence-electron chi connectivity index (χ1n) is 8.16. The van der Waals surface area contributed by atoms with Crippen LogP contribution in [0.15, 0.2) is 45.3 Å². The van der Waals surface area contributed by atoms with Crippen LogP contribution in [-0.2, 0) is 17.8 Å². The van der Waals surface area contributed by atoms with Crippen LogP contribution in [0.2, 0.25) is 0 Å². The topological polar surface area (TPSA) is 45.3 Å². The molecular weight excluding hydrogens is 467 g/mol. The van der Waals surface area contributed by atoms with Crippen molar-refractivity contribution in [1.29, 1.82) is 0 Å². The Morgan fingerprint density at radius 3 is 2.77 bits per heavy atom. The number of rotatable bonds is 3. The van der Waals surface area contributed by atoms with E-state index in [1.165, 1.54) is 17.8 Å². The molecule has 3 aromatic rings. The molecule has 0 fully saturated rings. The molecule has 1 aliphatic heterocycles. The predicted octanol–water partition coefficient (Wildman–Crippen LogP) is 4.80. The third-order valence-electron chi connectivity index (χ3n) is 4.54. The molecule has 0 atom stereocenters. The maximum atomic E-state index is 13.8. The van der Waals surface area contributed by atoms with E-state index >= 15 is 0 Å². The van der Waals surface area contributed by atoms with E-state index in [9.17, 15) is 9.18 Å². The number of hydrogen-bond acceptors (Lipinski definition) is 2. The number of nitrogens with zero attached hydrogens (tertiary/aromatic N) is 1. The number of H-pyrrole nitrogens is 1. The monoisotopic (exact) mass is 480 g/mol. The van der Waals surface area contributed by atoms with Crippen LogP contribution in [0.5, 0.6) is 5.75 Å². The summed E-state index contributed by atoms with van der Waals surface area (Å²) in [5.41, 5.74) is 3.37. The number of carbonyl (C=O) groups is 1. The van der Waals surface area contributed by atoms with E-state index in [1.54, 1.807) is 11.0 Å². The van der Waals surface area contributed by atoms with Crippen LogP contribution >= 0.6 is 31.9 Å². The average Bonchev–Trinajstić information content (AvgIpc) is 2.98. The number of halogens is 3. The summed E-state index contributed by atoms with van der Waals surface area (Å²) in [7, 11) is 0. The SMILES string of the molecule is O=C(COc1ccc(Br)cc1F)N1CCc2[nH]c3ccc(Br)cc3c2C1. The van der Waals surface area contributed by atoms with E-state index < -0.39 is 5.82 Å². The summed E-state index contributed by atoms with van der Waals surface area (Å²) in [6.45, 7) is 0.961. The van der Waals surface area contributed by atoms with Crippen molar-refractivity contribution in [3.05, 3.63) is 62.4 Å². The smallest absolute Gasteiger partial charge is 0.260 e. The van der Waals surface area contributed by atoms with Crippen molar-refractivity contribution in [2.24, 2.45) is 0 Å². The lowest BCUT2D eigenvalue weighted by Crippen LogP contribution is -2.38. The molecule has 2 heterocycles. The van der Waals surface area contributed by atoms with Gasteiger partial charge in [-0.05, 0) is 36.4 Å². The Bertz CT molecular complexity index is 1000. The third-order valence-corrected chi connectivity index (χ3v) is 5.52. The second-order valence-corrected chi connectivity index (χ2v) is 8.03. The molecule has 2 aromatic carbocycles. The number of aromatic amines is 1. The molecular formula is C19H15Br2FN2O2. The molecule has 4 rings (SSSR count). The normalized spacial score (nSPS) is 13.7. The van der Waals surface area contributed by atoms with Gasteiger partial charge in [0.2, 0.25) is 0 Å². The lowest BCUT2D eigenvalue weighted by Gasteiger charge is -2.27. The van der Waals surface area contributed by atoms with Crippen LogP contribution in [0.4, 0.5) is 4.39 Å². The fourth-order valence-electron chi connectivity index (χ4n) is 3.22. The maximum absolute atomic E-state index is 13.8. The van der Waals surface area contributed by atoms with Gasteiger partial charge < -0.3 is 14.6 Å². The molecule has 26 heavy (non-hydrogen) atoms. The molecule has 1 amide bonds. The van der Waals surface area contributed by atoms with Gasteiger partial charge in [-0.1, -0.05) is 31.9 Å². The van der Waals surface area contributed by atoms with Crippen LogP contribution < -0.4 is 4.74 Å². The van der Waals surface area contributed by atoms with Crippen molar-refractivity contribution in [3.8, 4) is 5.75 Å². The highest BCUT2D eigenvalue weighted by atomic mass is 79.9. The van der Waals surface area contributed by atoms with Crippen molar-refractivity contribution >= 4 is 48.7 Å². The van der Waals surface area contributed by atoms with Crippen molar-refractivity contribution in [1.82, 2.24) is 9.88 Å². The van der Waals surface area contributed by atoms with Crippen LogP contribution in [0.25, 0.3) is 10.9 Å². The van der Waals surface area contributed by atoms with Gasteiger partial charge in [0.15, 0.2) is 18.2 Å². The number of carbonyl (C=O) groups excluding carboxylic acids is 1. The minimum absolute atomic E-state index is 0.0790. The Morgan fingerprint density at radius 2 is 1.96 bits per heavy atom. The first-order chi connectivity index (χ1) is 12.5. The van der Waals surface area contributed by atoms with Gasteiger partial charge in [-0.2, -0.15) is 0 Å². The van der Waals surface area contributed by atoms with E-state index in [0.717, 1.165) is 27.4 Å². The second-order valence-electron chi connectivity index (χ2n) is 6.20. The molecule has 134 valence electrons. The third kappa shape index (κ3) is 3.38. The maximum Gasteiger partial charge on any atom is 0.260 e. The number of nitrogens with one attached hydrogen (secondary N) is 1. The highest BCUT2D eigenvalue weighted by Gasteiger charge is 2.24. The summed E-state index contributed by atoms with van der Waals surface area (Å²) >= 11 is 6.70. The summed E-state index contributed by atoms with van der Waals surface area (Å²) in [6, 6.07) is 10.6. The van der Waals surface area contributed by atoms with Crippen molar-refractivity contribution in [3.63, 3.8) is 0 Å². The van der Waals surface area contributed by atoms with Gasteiger partial charge in [0.1, 0.15) is 0 Å². The van der Waals surface area contributed by atoms with E-state index in [0.29, 0.717) is 17.6 Å². The van der Waals surface area contributed by atoms with Gasteiger partial charge in [0.25, 0.3) is 5.91 Å². The molecule has 1 aliphatic rings. The summed E-state index contributed by atoms with van der Waals surface area (Å²) < 4.78 is 20.8. The average molecular weight is 482 g/mol. The molecule has 0 saturated heterocycles. The van der Waals surface area contributed by atoms with Crippen LogP contribution in [0, 0.1) is 5.82 Å². The Morgan fingerprint density at radius 1 is 1.19 bits per heavy atom. The number of hydrogen-bond donors (Lipinski definition) is 1. The minimum Gasteiger partial charge on any atom is -0.481 e. The van der Waals surface area contributed by atoms with Crippen LogP contribution in [0.3, 0.4) is 0 Å². The van der Waals surface area contributed by atoms with Crippen molar-refractivity contribution in [2.75, 3.05) is 13.2 Å². The fourth-order valence-corrected chi connectivity index (χ4v) is 3.92. The van der Waals surface area contributed by atoms with Gasteiger partial charge in [0, 0.05) is 50.6 Å². The Hall–Kier alpha value is -1.86. The lowest BCUT2D eigenvalue weighted by molar-refractivity contribution is -0.134. The molecule has 0 spiro atoms. The summed E-state index contributed by atoms with van der Waals surface area (Å²) in [5, 5.41) is 1.12. The molecule has 0 unspecified atom stereocenters. The zero-order valence-corrected chi connectivity index (χ0v) is 16.9. The minimum atomic E-state index is -0.491. The molecule has 7 heteroatoms. The number of aromatic nitrogens is 1. The molecule has 1 N–H and O–H groups in total. The van der Waals surface area contributed by atoms with E-state index in [1.807, 2.05) is 12.1 Å². The number of benzene rings is 2. The van der Waals surface area contributed by atoms with Gasteiger partial charge in [-0.25, -0.2) is 4.39 Å². The first kappa shape index (κ1) is 17.5. The first-order valence-corrected chi connectivity index (χ1v) is 9.74.